The Morgan fingerprint density at radius 2 is 1.92 bits per heavy atom. The third kappa shape index (κ3) is 4.92. The van der Waals surface area contributed by atoms with E-state index in [4.69, 9.17) is 4.42 Å². The molecule has 206 valence electrons. The summed E-state index contributed by atoms with van der Waals surface area (Å²) < 4.78 is 77.9. The van der Waals surface area contributed by atoms with E-state index in [1.165, 1.54) is 23.1 Å². The summed E-state index contributed by atoms with van der Waals surface area (Å²) >= 11 is 0. The van der Waals surface area contributed by atoms with Gasteiger partial charge < -0.3 is 19.7 Å². The molecule has 3 aromatic rings. The minimum absolute atomic E-state index is 0.0769. The van der Waals surface area contributed by atoms with Crippen molar-refractivity contribution in [1.29, 1.82) is 0 Å². The van der Waals surface area contributed by atoms with Gasteiger partial charge in [0.25, 0.3) is 5.92 Å². The van der Waals surface area contributed by atoms with Crippen LogP contribution >= 0.6 is 0 Å². The van der Waals surface area contributed by atoms with Crippen LogP contribution in [0.4, 0.5) is 27.6 Å². The lowest BCUT2D eigenvalue weighted by molar-refractivity contribution is -0.0866. The number of aromatic nitrogens is 1. The smallest absolute Gasteiger partial charge is 0.408 e. The molecule has 2 atom stereocenters. The molecule has 0 unspecified atom stereocenters. The molecule has 1 aromatic heterocycles. The van der Waals surface area contributed by atoms with Gasteiger partial charge in [-0.3, -0.25) is 14.3 Å². The monoisotopic (exact) mass is 540 g/mol. The van der Waals surface area contributed by atoms with Crippen molar-refractivity contribution >= 4 is 16.8 Å². The zero-order valence-electron chi connectivity index (χ0n) is 20.7. The summed E-state index contributed by atoms with van der Waals surface area (Å²) in [5, 5.41) is 12.4. The Balaban J connectivity index is 1.53. The number of nitrogens with one attached hydrogen (secondary N) is 2. The fourth-order valence-electron chi connectivity index (χ4n) is 5.49. The molecule has 0 aliphatic carbocycles. The highest BCUT2D eigenvalue weighted by atomic mass is 19.3. The molecule has 0 amide bonds. The Hall–Kier alpha value is -2.96. The number of aliphatic hydroxyl groups excluding tert-OH is 1. The molecule has 2 aromatic carbocycles. The molecule has 0 saturated carbocycles. The van der Waals surface area contributed by atoms with Gasteiger partial charge in [-0.05, 0) is 50.1 Å². The van der Waals surface area contributed by atoms with Gasteiger partial charge in [0, 0.05) is 42.0 Å². The van der Waals surface area contributed by atoms with E-state index < -0.39 is 60.8 Å². The SMILES string of the molecule is C[C@@H]1Cc2c(ccc3[nH]c(=O)oc23)[C@@H](c2c(F)cc(N3CC(NCCCF)C3)cc2F)N1CC(F)(F)CO. The molecule has 5 rings (SSSR count). The predicted octanol–water partition coefficient (Wildman–Crippen LogP) is 3.50. The third-order valence-electron chi connectivity index (χ3n) is 7.39. The lowest BCUT2D eigenvalue weighted by Gasteiger charge is -2.44. The van der Waals surface area contributed by atoms with E-state index in [2.05, 4.69) is 10.3 Å². The second-order valence-electron chi connectivity index (χ2n) is 10.1. The number of hydrogen-bond donors (Lipinski definition) is 3. The summed E-state index contributed by atoms with van der Waals surface area (Å²) in [5.41, 5.74) is 1.40. The summed E-state index contributed by atoms with van der Waals surface area (Å²) in [4.78, 5) is 17.4. The number of nitrogens with zero attached hydrogens (tertiary/aromatic N) is 2. The van der Waals surface area contributed by atoms with Crippen LogP contribution in [0, 0.1) is 11.6 Å². The molecular weight excluding hydrogens is 511 g/mol. The van der Waals surface area contributed by atoms with E-state index in [-0.39, 0.29) is 18.0 Å². The van der Waals surface area contributed by atoms with Gasteiger partial charge >= 0.3 is 5.76 Å². The number of hydrogen-bond acceptors (Lipinski definition) is 6. The van der Waals surface area contributed by atoms with Gasteiger partial charge in [-0.2, -0.15) is 0 Å². The summed E-state index contributed by atoms with van der Waals surface area (Å²) in [6.07, 6.45) is 0.581. The predicted molar refractivity (Wildman–Crippen MR) is 132 cm³/mol. The number of aliphatic hydroxyl groups is 1. The molecule has 3 heterocycles. The number of oxazole rings is 1. The number of aromatic amines is 1. The summed E-state index contributed by atoms with van der Waals surface area (Å²) in [6.45, 7) is 0.378. The van der Waals surface area contributed by atoms with Crippen molar-refractivity contribution < 1.29 is 31.5 Å². The highest BCUT2D eigenvalue weighted by molar-refractivity contribution is 5.78. The minimum Gasteiger partial charge on any atom is -0.408 e. The second-order valence-corrected chi connectivity index (χ2v) is 10.1. The van der Waals surface area contributed by atoms with Gasteiger partial charge in [-0.15, -0.1) is 0 Å². The molecule has 0 bridgehead atoms. The van der Waals surface area contributed by atoms with Crippen LogP contribution < -0.4 is 16.0 Å². The van der Waals surface area contributed by atoms with Crippen LogP contribution in [0.15, 0.2) is 33.5 Å². The van der Waals surface area contributed by atoms with Gasteiger partial charge in [0.1, 0.15) is 18.2 Å². The van der Waals surface area contributed by atoms with Gasteiger partial charge in [0.2, 0.25) is 0 Å². The standard InChI is InChI=1S/C26H29F5N4O3/c1-14-7-18-17(3-4-21-24(18)38-25(37)33-21)23(35(14)12-26(30,31)13-36)22-19(28)8-16(9-20(22)29)34-10-15(11-34)32-6-2-5-27/h3-4,8-9,14-15,23,32,36H,2,5-7,10-13H2,1H3,(H,33,37)/t14-,23+/m1/s1. The molecule has 12 heteroatoms. The Morgan fingerprint density at radius 1 is 1.21 bits per heavy atom. The molecule has 0 radical (unpaired) electrons. The quantitative estimate of drug-likeness (QED) is 0.285. The molecule has 38 heavy (non-hydrogen) atoms. The lowest BCUT2D eigenvalue weighted by atomic mass is 9.83. The molecule has 0 spiro atoms. The highest BCUT2D eigenvalue weighted by Crippen LogP contribution is 2.44. The van der Waals surface area contributed by atoms with Crippen LogP contribution in [-0.4, -0.2) is 72.5 Å². The zero-order valence-corrected chi connectivity index (χ0v) is 20.7. The van der Waals surface area contributed by atoms with E-state index in [9.17, 15) is 23.1 Å². The van der Waals surface area contributed by atoms with Crippen LogP contribution in [-0.2, 0) is 6.42 Å². The van der Waals surface area contributed by atoms with Crippen molar-refractivity contribution in [3.63, 3.8) is 0 Å². The second kappa shape index (κ2) is 10.3. The Kier molecular flexibility index (Phi) is 7.23. The van der Waals surface area contributed by atoms with E-state index in [1.54, 1.807) is 17.9 Å². The maximum Gasteiger partial charge on any atom is 0.417 e. The number of fused-ring (bicyclic) bond motifs is 3. The van der Waals surface area contributed by atoms with Crippen LogP contribution in [0.5, 0.6) is 0 Å². The normalized spacial score (nSPS) is 20.7. The van der Waals surface area contributed by atoms with Crippen molar-refractivity contribution in [2.75, 3.05) is 44.4 Å². The largest absolute Gasteiger partial charge is 0.417 e. The van der Waals surface area contributed by atoms with Crippen molar-refractivity contribution in [2.45, 2.75) is 43.8 Å². The zero-order chi connectivity index (χ0) is 27.2. The van der Waals surface area contributed by atoms with Gasteiger partial charge in [-0.25, -0.2) is 22.4 Å². The van der Waals surface area contributed by atoms with Crippen molar-refractivity contribution in [3.8, 4) is 0 Å². The molecule has 2 aliphatic rings. The Bertz CT molecular complexity index is 1350. The molecule has 7 nitrogen and oxygen atoms in total. The highest BCUT2D eigenvalue weighted by Gasteiger charge is 2.43. The number of rotatable bonds is 9. The fourth-order valence-corrected chi connectivity index (χ4v) is 5.49. The van der Waals surface area contributed by atoms with Crippen molar-refractivity contribution in [3.05, 3.63) is 63.1 Å². The maximum absolute atomic E-state index is 15.7. The fraction of sp³-hybridized carbons (Fsp3) is 0.500. The van der Waals surface area contributed by atoms with E-state index >= 15 is 8.78 Å². The van der Waals surface area contributed by atoms with Crippen LogP contribution in [0.3, 0.4) is 0 Å². The first-order chi connectivity index (χ1) is 18.1. The number of anilines is 1. The number of H-pyrrole nitrogens is 1. The first-order valence-electron chi connectivity index (χ1n) is 12.5. The topological polar surface area (TPSA) is 84.7 Å². The van der Waals surface area contributed by atoms with E-state index in [0.717, 1.165) is 0 Å². The van der Waals surface area contributed by atoms with Crippen molar-refractivity contribution in [2.24, 2.45) is 0 Å². The van der Waals surface area contributed by atoms with Crippen LogP contribution in [0.1, 0.15) is 36.1 Å². The average Bonchev–Trinajstić information content (AvgIpc) is 3.22. The average molecular weight is 541 g/mol. The van der Waals surface area contributed by atoms with E-state index in [0.29, 0.717) is 48.4 Å². The molecule has 3 N–H and O–H groups in total. The van der Waals surface area contributed by atoms with Gasteiger partial charge in [0.15, 0.2) is 5.58 Å². The Labute approximate surface area is 215 Å². The lowest BCUT2D eigenvalue weighted by Crippen LogP contribution is -2.58. The molecule has 1 fully saturated rings. The molecular formula is C26H29F5N4O3. The minimum atomic E-state index is -3.51. The summed E-state index contributed by atoms with van der Waals surface area (Å²) in [7, 11) is 0. The summed E-state index contributed by atoms with van der Waals surface area (Å²) in [6, 6.07) is 3.65. The van der Waals surface area contributed by atoms with E-state index in [1.807, 2.05) is 0 Å². The molecule has 2 aliphatic heterocycles. The van der Waals surface area contributed by atoms with Gasteiger partial charge in [-0.1, -0.05) is 6.07 Å². The maximum atomic E-state index is 15.7. The third-order valence-corrected chi connectivity index (χ3v) is 7.39. The number of alkyl halides is 3. The molecule has 1 saturated heterocycles. The summed E-state index contributed by atoms with van der Waals surface area (Å²) in [5.74, 6) is -6.00. The number of halogens is 5. The Morgan fingerprint density at radius 3 is 2.58 bits per heavy atom. The van der Waals surface area contributed by atoms with Crippen LogP contribution in [0.2, 0.25) is 0 Å². The first-order valence-corrected chi connectivity index (χ1v) is 12.5. The first kappa shape index (κ1) is 26.6. The number of benzene rings is 2. The van der Waals surface area contributed by atoms with Gasteiger partial charge in [0.05, 0.1) is 24.8 Å². The van der Waals surface area contributed by atoms with Crippen molar-refractivity contribution in [1.82, 2.24) is 15.2 Å². The van der Waals surface area contributed by atoms with Crippen LogP contribution in [0.25, 0.3) is 11.1 Å².